The molecule has 1 aromatic carbocycles. The fraction of sp³-hybridized carbons (Fsp3) is 0.389. The van der Waals surface area contributed by atoms with Crippen molar-refractivity contribution < 1.29 is 9.90 Å². The van der Waals surface area contributed by atoms with E-state index in [1.165, 1.54) is 11.5 Å². The Labute approximate surface area is 151 Å². The van der Waals surface area contributed by atoms with Crippen molar-refractivity contribution in [2.45, 2.75) is 32.9 Å². The van der Waals surface area contributed by atoms with Crippen molar-refractivity contribution in [3.05, 3.63) is 45.7 Å². The maximum absolute atomic E-state index is 12.6. The highest BCUT2D eigenvalue weighted by Gasteiger charge is 2.17. The zero-order chi connectivity index (χ0) is 18.6. The second-order valence-electron chi connectivity index (χ2n) is 5.67. The lowest BCUT2D eigenvalue weighted by Crippen LogP contribution is -2.32. The first-order valence-electron chi connectivity index (χ1n) is 8.19. The number of amides is 1. The smallest absolute Gasteiger partial charge is 0.265 e. The molecule has 2 rings (SSSR count). The van der Waals surface area contributed by atoms with Crippen LogP contribution in [-0.2, 0) is 4.79 Å². The lowest BCUT2D eigenvalue weighted by atomic mass is 10.2. The van der Waals surface area contributed by atoms with E-state index >= 15 is 0 Å². The molecule has 134 valence electrons. The summed E-state index contributed by atoms with van der Waals surface area (Å²) in [5.41, 5.74) is 1.57. The number of aromatic nitrogens is 2. The van der Waals surface area contributed by atoms with Gasteiger partial charge in [-0.25, -0.2) is 0 Å². The van der Waals surface area contributed by atoms with E-state index in [0.717, 1.165) is 17.3 Å². The molecule has 0 spiro atoms. The standard InChI is InChI=1S/C18H23N3O3S/c1-5-20(6-2)15(22)11-25-18-19-16(23)13(4)17(24)21(18)14-9-7-12(3)8-10-14/h7-10,23H,5-6,11H2,1-4H3. The van der Waals surface area contributed by atoms with Crippen LogP contribution in [0.25, 0.3) is 5.69 Å². The summed E-state index contributed by atoms with van der Waals surface area (Å²) < 4.78 is 1.44. The molecule has 6 nitrogen and oxygen atoms in total. The van der Waals surface area contributed by atoms with Crippen molar-refractivity contribution in [3.63, 3.8) is 0 Å². The zero-order valence-electron chi connectivity index (χ0n) is 14.9. The number of hydrogen-bond acceptors (Lipinski definition) is 5. The van der Waals surface area contributed by atoms with Crippen LogP contribution in [0, 0.1) is 13.8 Å². The van der Waals surface area contributed by atoms with E-state index in [2.05, 4.69) is 4.98 Å². The van der Waals surface area contributed by atoms with Crippen LogP contribution < -0.4 is 5.56 Å². The number of aromatic hydroxyl groups is 1. The van der Waals surface area contributed by atoms with Gasteiger partial charge in [0.15, 0.2) is 5.16 Å². The van der Waals surface area contributed by atoms with Crippen molar-refractivity contribution >= 4 is 17.7 Å². The van der Waals surface area contributed by atoms with E-state index in [9.17, 15) is 14.7 Å². The topological polar surface area (TPSA) is 75.4 Å². The Kier molecular flexibility index (Phi) is 6.25. The largest absolute Gasteiger partial charge is 0.493 e. The predicted molar refractivity (Wildman–Crippen MR) is 99.6 cm³/mol. The lowest BCUT2D eigenvalue weighted by molar-refractivity contribution is -0.127. The van der Waals surface area contributed by atoms with Crippen molar-refractivity contribution in [3.8, 4) is 11.6 Å². The van der Waals surface area contributed by atoms with Gasteiger partial charge in [0.2, 0.25) is 11.8 Å². The van der Waals surface area contributed by atoms with Crippen LogP contribution >= 0.6 is 11.8 Å². The minimum absolute atomic E-state index is 0.0280. The van der Waals surface area contributed by atoms with Gasteiger partial charge in [0.1, 0.15) is 0 Å². The fourth-order valence-corrected chi connectivity index (χ4v) is 3.29. The Balaban J connectivity index is 2.42. The molecule has 0 aliphatic carbocycles. The normalized spacial score (nSPS) is 10.7. The summed E-state index contributed by atoms with van der Waals surface area (Å²) in [4.78, 5) is 30.7. The number of benzene rings is 1. The van der Waals surface area contributed by atoms with Crippen molar-refractivity contribution in [1.29, 1.82) is 0 Å². The summed E-state index contributed by atoms with van der Waals surface area (Å²) >= 11 is 1.15. The zero-order valence-corrected chi connectivity index (χ0v) is 15.8. The van der Waals surface area contributed by atoms with E-state index in [4.69, 9.17) is 0 Å². The van der Waals surface area contributed by atoms with Gasteiger partial charge in [-0.15, -0.1) is 0 Å². The molecule has 0 aliphatic heterocycles. The number of thioether (sulfide) groups is 1. The van der Waals surface area contributed by atoms with E-state index in [0.29, 0.717) is 23.9 Å². The van der Waals surface area contributed by atoms with E-state index < -0.39 is 0 Å². The fourth-order valence-electron chi connectivity index (χ4n) is 2.39. The van der Waals surface area contributed by atoms with E-state index in [1.807, 2.05) is 45.0 Å². The highest BCUT2D eigenvalue weighted by atomic mass is 32.2. The summed E-state index contributed by atoms with van der Waals surface area (Å²) in [5, 5.41) is 10.2. The van der Waals surface area contributed by atoms with Crippen LogP contribution in [0.2, 0.25) is 0 Å². The maximum atomic E-state index is 12.6. The van der Waals surface area contributed by atoms with Crippen LogP contribution in [-0.4, -0.2) is 44.3 Å². The Bertz CT molecular complexity index is 812. The second-order valence-corrected chi connectivity index (χ2v) is 6.62. The molecule has 0 bridgehead atoms. The summed E-state index contributed by atoms with van der Waals surface area (Å²) in [7, 11) is 0. The average Bonchev–Trinajstić information content (AvgIpc) is 2.60. The van der Waals surface area contributed by atoms with Gasteiger partial charge in [0.05, 0.1) is 17.0 Å². The van der Waals surface area contributed by atoms with Crippen LogP contribution in [0.3, 0.4) is 0 Å². The summed E-state index contributed by atoms with van der Waals surface area (Å²) in [5.74, 6) is -0.173. The molecule has 0 radical (unpaired) electrons. The van der Waals surface area contributed by atoms with Gasteiger partial charge in [0, 0.05) is 13.1 Å². The SMILES string of the molecule is CCN(CC)C(=O)CSc1nc(O)c(C)c(=O)n1-c1ccc(C)cc1. The van der Waals surface area contributed by atoms with Crippen LogP contribution in [0.1, 0.15) is 25.0 Å². The Morgan fingerprint density at radius 2 is 1.80 bits per heavy atom. The van der Waals surface area contributed by atoms with Gasteiger partial charge in [-0.2, -0.15) is 4.98 Å². The number of carbonyl (C=O) groups excluding carboxylic acids is 1. The van der Waals surface area contributed by atoms with Crippen LogP contribution in [0.15, 0.2) is 34.2 Å². The van der Waals surface area contributed by atoms with Gasteiger partial charge < -0.3 is 10.0 Å². The number of aryl methyl sites for hydroxylation is 1. The molecule has 0 unspecified atom stereocenters. The Hall–Kier alpha value is -2.28. The van der Waals surface area contributed by atoms with Gasteiger partial charge in [-0.05, 0) is 39.8 Å². The first-order valence-corrected chi connectivity index (χ1v) is 9.17. The van der Waals surface area contributed by atoms with Crippen molar-refractivity contribution in [1.82, 2.24) is 14.5 Å². The summed E-state index contributed by atoms with van der Waals surface area (Å²) in [6.45, 7) is 8.60. The number of hydrogen-bond donors (Lipinski definition) is 1. The number of carbonyl (C=O) groups is 1. The number of nitrogens with zero attached hydrogens (tertiary/aromatic N) is 3. The van der Waals surface area contributed by atoms with Crippen LogP contribution in [0.4, 0.5) is 0 Å². The highest BCUT2D eigenvalue weighted by molar-refractivity contribution is 7.99. The van der Waals surface area contributed by atoms with Gasteiger partial charge in [-0.3, -0.25) is 14.2 Å². The summed E-state index contributed by atoms with van der Waals surface area (Å²) in [6.07, 6.45) is 0. The average molecular weight is 361 g/mol. The van der Waals surface area contributed by atoms with E-state index in [-0.39, 0.29) is 28.7 Å². The van der Waals surface area contributed by atoms with Crippen molar-refractivity contribution in [2.75, 3.05) is 18.8 Å². The third-order valence-corrected chi connectivity index (χ3v) is 4.91. The molecule has 7 heteroatoms. The maximum Gasteiger partial charge on any atom is 0.265 e. The van der Waals surface area contributed by atoms with Crippen LogP contribution in [0.5, 0.6) is 5.88 Å². The predicted octanol–water partition coefficient (Wildman–Crippen LogP) is 2.52. The summed E-state index contributed by atoms with van der Waals surface area (Å²) in [6, 6.07) is 7.45. The minimum atomic E-state index is -0.339. The molecule has 1 amide bonds. The molecule has 1 heterocycles. The minimum Gasteiger partial charge on any atom is -0.493 e. The lowest BCUT2D eigenvalue weighted by Gasteiger charge is -2.19. The first kappa shape index (κ1) is 19.1. The molecule has 1 aromatic heterocycles. The first-order chi connectivity index (χ1) is 11.9. The van der Waals surface area contributed by atoms with E-state index in [1.54, 1.807) is 4.90 Å². The molecule has 1 N–H and O–H groups in total. The molecular weight excluding hydrogens is 338 g/mol. The third kappa shape index (κ3) is 4.22. The van der Waals surface area contributed by atoms with Gasteiger partial charge >= 0.3 is 0 Å². The van der Waals surface area contributed by atoms with Gasteiger partial charge in [-0.1, -0.05) is 29.5 Å². The number of rotatable bonds is 6. The molecule has 2 aromatic rings. The quantitative estimate of drug-likeness (QED) is 0.632. The highest BCUT2D eigenvalue weighted by Crippen LogP contribution is 2.22. The Morgan fingerprint density at radius 3 is 2.36 bits per heavy atom. The monoisotopic (exact) mass is 361 g/mol. The van der Waals surface area contributed by atoms with Gasteiger partial charge in [0.25, 0.3) is 5.56 Å². The van der Waals surface area contributed by atoms with Crippen molar-refractivity contribution in [2.24, 2.45) is 0 Å². The third-order valence-electron chi connectivity index (χ3n) is 3.99. The molecule has 25 heavy (non-hydrogen) atoms. The molecule has 0 aliphatic rings. The Morgan fingerprint density at radius 1 is 1.20 bits per heavy atom. The molecular formula is C18H23N3O3S. The molecule has 0 atom stereocenters. The molecule has 0 saturated heterocycles. The molecule has 0 fully saturated rings. The second kappa shape index (κ2) is 8.20. The molecule has 0 saturated carbocycles.